The van der Waals surface area contributed by atoms with Crippen molar-refractivity contribution in [2.24, 2.45) is 0 Å². The second kappa shape index (κ2) is 8.25. The summed E-state index contributed by atoms with van der Waals surface area (Å²) in [6.45, 7) is 6.35. The van der Waals surface area contributed by atoms with Gasteiger partial charge >= 0.3 is 5.97 Å². The van der Waals surface area contributed by atoms with Gasteiger partial charge in [-0.2, -0.15) is 0 Å². The molecule has 0 saturated carbocycles. The number of carbonyl (C=O) groups is 2. The van der Waals surface area contributed by atoms with Crippen LogP contribution in [0.2, 0.25) is 0 Å². The molecule has 4 nitrogen and oxygen atoms in total. The summed E-state index contributed by atoms with van der Waals surface area (Å²) >= 11 is 0. The van der Waals surface area contributed by atoms with Crippen LogP contribution in [0.4, 0.5) is 0 Å². The van der Waals surface area contributed by atoms with E-state index in [0.717, 1.165) is 12.0 Å². The van der Waals surface area contributed by atoms with Gasteiger partial charge in [-0.15, -0.1) is 0 Å². The van der Waals surface area contributed by atoms with Crippen molar-refractivity contribution < 1.29 is 14.7 Å². The minimum absolute atomic E-state index is 0.261. The van der Waals surface area contributed by atoms with Gasteiger partial charge in [0.25, 0.3) is 0 Å². The highest BCUT2D eigenvalue weighted by Gasteiger charge is 2.12. The van der Waals surface area contributed by atoms with Gasteiger partial charge in [-0.05, 0) is 29.5 Å². The maximum absolute atomic E-state index is 12.0. The van der Waals surface area contributed by atoms with E-state index in [4.69, 9.17) is 5.11 Å². The Balaban J connectivity index is 2.72. The third kappa shape index (κ3) is 5.81. The Morgan fingerprint density at radius 3 is 2.33 bits per heavy atom. The predicted octanol–water partition coefficient (Wildman–Crippen LogP) is 3.15. The topological polar surface area (TPSA) is 57.6 Å². The van der Waals surface area contributed by atoms with Crippen molar-refractivity contribution in [3.8, 4) is 0 Å². The van der Waals surface area contributed by atoms with E-state index in [2.05, 4.69) is 13.8 Å². The Bertz CT molecular complexity index is 503. The maximum Gasteiger partial charge on any atom is 0.323 e. The smallest absolute Gasteiger partial charge is 0.323 e. The zero-order valence-corrected chi connectivity index (χ0v) is 12.9. The van der Waals surface area contributed by atoms with Crippen LogP contribution in [-0.4, -0.2) is 35.0 Å². The zero-order valence-electron chi connectivity index (χ0n) is 12.9. The Kier molecular flexibility index (Phi) is 6.66. The highest BCUT2D eigenvalue weighted by Crippen LogP contribution is 2.15. The van der Waals surface area contributed by atoms with Crippen LogP contribution in [0.25, 0.3) is 6.08 Å². The lowest BCUT2D eigenvalue weighted by atomic mass is 10.0. The van der Waals surface area contributed by atoms with Gasteiger partial charge in [0.15, 0.2) is 0 Å². The number of rotatable bonds is 7. The van der Waals surface area contributed by atoms with E-state index in [-0.39, 0.29) is 12.5 Å². The minimum Gasteiger partial charge on any atom is -0.480 e. The van der Waals surface area contributed by atoms with Gasteiger partial charge < -0.3 is 10.0 Å². The highest BCUT2D eigenvalue weighted by atomic mass is 16.4. The normalized spacial score (nSPS) is 11.0. The molecule has 0 heterocycles. The number of amides is 1. The van der Waals surface area contributed by atoms with E-state index in [0.29, 0.717) is 12.5 Å². The molecule has 1 aromatic carbocycles. The van der Waals surface area contributed by atoms with Gasteiger partial charge in [0, 0.05) is 12.6 Å². The first-order valence-electron chi connectivity index (χ1n) is 7.22. The second-order valence-electron chi connectivity index (χ2n) is 5.31. The van der Waals surface area contributed by atoms with Crippen molar-refractivity contribution in [1.82, 2.24) is 4.90 Å². The lowest BCUT2D eigenvalue weighted by Gasteiger charge is -2.17. The third-order valence-corrected chi connectivity index (χ3v) is 3.15. The molecule has 1 amide bonds. The van der Waals surface area contributed by atoms with E-state index in [1.807, 2.05) is 31.2 Å². The number of carboxylic acid groups (broad SMARTS) is 1. The Labute approximate surface area is 126 Å². The van der Waals surface area contributed by atoms with Crippen LogP contribution in [0, 0.1) is 0 Å². The third-order valence-electron chi connectivity index (χ3n) is 3.15. The van der Waals surface area contributed by atoms with Gasteiger partial charge in [0.05, 0.1) is 0 Å². The molecule has 0 aliphatic carbocycles. The molecule has 4 heteroatoms. The van der Waals surface area contributed by atoms with E-state index in [1.165, 1.54) is 16.5 Å². The molecule has 114 valence electrons. The summed E-state index contributed by atoms with van der Waals surface area (Å²) in [5.74, 6) is -0.793. The fourth-order valence-electron chi connectivity index (χ4n) is 1.97. The number of carbonyl (C=O) groups excluding carboxylic acids is 1. The van der Waals surface area contributed by atoms with E-state index in [9.17, 15) is 9.59 Å². The standard InChI is InChI=1S/C17H23NO3/c1-4-11-18(12-17(20)21)16(19)10-7-14-5-8-15(9-6-14)13(2)3/h5-10,13H,4,11-12H2,1-3H3,(H,20,21)/b10-7+. The predicted molar refractivity (Wildman–Crippen MR) is 84.1 cm³/mol. The highest BCUT2D eigenvalue weighted by molar-refractivity contribution is 5.93. The van der Waals surface area contributed by atoms with E-state index >= 15 is 0 Å². The Morgan fingerprint density at radius 2 is 1.86 bits per heavy atom. The molecular weight excluding hydrogens is 266 g/mol. The summed E-state index contributed by atoms with van der Waals surface area (Å²) in [5, 5.41) is 8.81. The van der Waals surface area contributed by atoms with Crippen LogP contribution in [0.1, 0.15) is 44.2 Å². The molecule has 1 N–H and O–H groups in total. The number of nitrogens with zero attached hydrogens (tertiary/aromatic N) is 1. The largest absolute Gasteiger partial charge is 0.480 e. The van der Waals surface area contributed by atoms with Crippen LogP contribution in [0.5, 0.6) is 0 Å². The first-order chi connectivity index (χ1) is 9.93. The van der Waals surface area contributed by atoms with Gasteiger partial charge in [-0.1, -0.05) is 45.0 Å². The van der Waals surface area contributed by atoms with Gasteiger partial charge in [-0.3, -0.25) is 9.59 Å². The molecule has 1 rings (SSSR count). The molecule has 1 aromatic rings. The van der Waals surface area contributed by atoms with Crippen molar-refractivity contribution in [1.29, 1.82) is 0 Å². The van der Waals surface area contributed by atoms with Gasteiger partial charge in [0.2, 0.25) is 5.91 Å². The van der Waals surface area contributed by atoms with E-state index in [1.54, 1.807) is 6.08 Å². The van der Waals surface area contributed by atoms with Gasteiger partial charge in [0.1, 0.15) is 6.54 Å². The van der Waals surface area contributed by atoms with Crippen LogP contribution < -0.4 is 0 Å². The van der Waals surface area contributed by atoms with Gasteiger partial charge in [-0.25, -0.2) is 0 Å². The summed E-state index contributed by atoms with van der Waals surface area (Å²) < 4.78 is 0. The molecule has 0 bridgehead atoms. The molecule has 0 saturated heterocycles. The number of hydrogen-bond acceptors (Lipinski definition) is 2. The molecular formula is C17H23NO3. The van der Waals surface area contributed by atoms with E-state index < -0.39 is 5.97 Å². The summed E-state index contributed by atoms with van der Waals surface area (Å²) in [4.78, 5) is 24.1. The molecule has 0 radical (unpaired) electrons. The van der Waals surface area contributed by atoms with Crippen molar-refractivity contribution >= 4 is 18.0 Å². The fraction of sp³-hybridized carbons (Fsp3) is 0.412. The lowest BCUT2D eigenvalue weighted by Crippen LogP contribution is -2.35. The zero-order chi connectivity index (χ0) is 15.8. The Hall–Kier alpha value is -2.10. The summed E-state index contributed by atoms with van der Waals surface area (Å²) in [6.07, 6.45) is 3.88. The molecule has 0 fully saturated rings. The Morgan fingerprint density at radius 1 is 1.24 bits per heavy atom. The van der Waals surface area contributed by atoms with Crippen molar-refractivity contribution in [2.75, 3.05) is 13.1 Å². The number of aliphatic carboxylic acids is 1. The van der Waals surface area contributed by atoms with Crippen molar-refractivity contribution in [2.45, 2.75) is 33.1 Å². The molecule has 21 heavy (non-hydrogen) atoms. The summed E-state index contributed by atoms with van der Waals surface area (Å²) in [5.41, 5.74) is 2.18. The molecule has 0 unspecified atom stereocenters. The quantitative estimate of drug-likeness (QED) is 0.784. The summed E-state index contributed by atoms with van der Waals surface area (Å²) in [6, 6.07) is 7.99. The molecule has 0 atom stereocenters. The minimum atomic E-state index is -0.994. The summed E-state index contributed by atoms with van der Waals surface area (Å²) in [7, 11) is 0. The maximum atomic E-state index is 12.0. The van der Waals surface area contributed by atoms with Crippen molar-refractivity contribution in [3.63, 3.8) is 0 Å². The first-order valence-corrected chi connectivity index (χ1v) is 7.22. The number of benzene rings is 1. The fourth-order valence-corrected chi connectivity index (χ4v) is 1.97. The molecule has 0 aliphatic heterocycles. The van der Waals surface area contributed by atoms with Crippen LogP contribution in [0.3, 0.4) is 0 Å². The number of hydrogen-bond donors (Lipinski definition) is 1. The lowest BCUT2D eigenvalue weighted by molar-refractivity contribution is -0.142. The average molecular weight is 289 g/mol. The molecule has 0 aliphatic rings. The monoisotopic (exact) mass is 289 g/mol. The SMILES string of the molecule is CCCN(CC(=O)O)C(=O)/C=C/c1ccc(C(C)C)cc1. The van der Waals surface area contributed by atoms with Crippen LogP contribution in [0.15, 0.2) is 30.3 Å². The number of carboxylic acids is 1. The first kappa shape index (κ1) is 17.0. The molecule has 0 aromatic heterocycles. The second-order valence-corrected chi connectivity index (χ2v) is 5.31. The van der Waals surface area contributed by atoms with Crippen molar-refractivity contribution in [3.05, 3.63) is 41.5 Å². The van der Waals surface area contributed by atoms with Crippen LogP contribution >= 0.6 is 0 Å². The molecule has 0 spiro atoms. The van der Waals surface area contributed by atoms with Crippen LogP contribution in [-0.2, 0) is 9.59 Å². The average Bonchev–Trinajstić information content (AvgIpc) is 2.44.